The second kappa shape index (κ2) is 8.75. The fourth-order valence-corrected chi connectivity index (χ4v) is 3.38. The van der Waals surface area contributed by atoms with Gasteiger partial charge in [-0.05, 0) is 63.5 Å². The maximum Gasteiger partial charge on any atom is 0.275 e. The lowest BCUT2D eigenvalue weighted by Crippen LogP contribution is -2.17. The van der Waals surface area contributed by atoms with E-state index in [0.29, 0.717) is 28.1 Å². The van der Waals surface area contributed by atoms with Crippen LogP contribution >= 0.6 is 15.9 Å². The van der Waals surface area contributed by atoms with Crippen molar-refractivity contribution in [3.63, 3.8) is 0 Å². The van der Waals surface area contributed by atoms with Crippen molar-refractivity contribution in [3.05, 3.63) is 64.1 Å². The first-order valence-corrected chi connectivity index (χ1v) is 9.38. The van der Waals surface area contributed by atoms with Crippen LogP contribution < -0.4 is 14.9 Å². The summed E-state index contributed by atoms with van der Waals surface area (Å²) in [5.74, 6) is 0.554. The van der Waals surface area contributed by atoms with Crippen LogP contribution in [-0.4, -0.2) is 30.9 Å². The number of benzene rings is 3. The van der Waals surface area contributed by atoms with Crippen LogP contribution in [0.4, 0.5) is 0 Å². The normalized spacial score (nSPS) is 11.0. The maximum absolute atomic E-state index is 12.4. The van der Waals surface area contributed by atoms with Crippen molar-refractivity contribution in [1.29, 1.82) is 0 Å². The Labute approximate surface area is 170 Å². The zero-order valence-electron chi connectivity index (χ0n) is 15.4. The number of halogens is 1. The molecule has 0 atom stereocenters. The second-order valence-corrected chi connectivity index (χ2v) is 6.74. The Bertz CT molecular complexity index is 1050. The van der Waals surface area contributed by atoms with Crippen LogP contribution in [0.1, 0.15) is 22.8 Å². The van der Waals surface area contributed by atoms with Crippen LogP contribution in [0.3, 0.4) is 0 Å². The van der Waals surface area contributed by atoms with Gasteiger partial charge in [0.2, 0.25) is 0 Å². The summed E-state index contributed by atoms with van der Waals surface area (Å²) in [6, 6.07) is 14.2. The molecule has 0 spiro atoms. The van der Waals surface area contributed by atoms with Crippen LogP contribution in [0.25, 0.3) is 10.8 Å². The van der Waals surface area contributed by atoms with Gasteiger partial charge >= 0.3 is 0 Å². The molecule has 7 heteroatoms. The summed E-state index contributed by atoms with van der Waals surface area (Å²) in [5.41, 5.74) is 3.30. The van der Waals surface area contributed by atoms with Gasteiger partial charge < -0.3 is 14.6 Å². The average Bonchev–Trinajstić information content (AvgIpc) is 2.67. The predicted molar refractivity (Wildman–Crippen MR) is 113 cm³/mol. The Kier molecular flexibility index (Phi) is 6.16. The van der Waals surface area contributed by atoms with E-state index in [4.69, 9.17) is 9.47 Å². The Morgan fingerprint density at radius 3 is 2.61 bits per heavy atom. The van der Waals surface area contributed by atoms with Gasteiger partial charge in [0.15, 0.2) is 11.5 Å². The van der Waals surface area contributed by atoms with Crippen molar-refractivity contribution in [3.8, 4) is 17.2 Å². The lowest BCUT2D eigenvalue weighted by Gasteiger charge is -2.11. The Hall–Kier alpha value is -3.06. The predicted octanol–water partition coefficient (Wildman–Crippen LogP) is 4.48. The number of nitrogens with zero attached hydrogens (tertiary/aromatic N) is 1. The van der Waals surface area contributed by atoms with Crippen LogP contribution in [-0.2, 0) is 0 Å². The molecule has 3 rings (SSSR count). The average molecular weight is 443 g/mol. The molecule has 0 bridgehead atoms. The fourth-order valence-electron chi connectivity index (χ4n) is 2.76. The molecule has 0 saturated carbocycles. The third kappa shape index (κ3) is 4.26. The van der Waals surface area contributed by atoms with Gasteiger partial charge in [0, 0.05) is 0 Å². The molecule has 0 heterocycles. The number of aromatic hydroxyl groups is 1. The number of ether oxygens (including phenoxy) is 2. The number of hydrazone groups is 1. The highest BCUT2D eigenvalue weighted by atomic mass is 79.9. The second-order valence-electron chi connectivity index (χ2n) is 5.88. The van der Waals surface area contributed by atoms with Gasteiger partial charge in [0.25, 0.3) is 5.91 Å². The number of hydrogen-bond acceptors (Lipinski definition) is 5. The SMILES string of the molecule is CCOc1cc(C=NNC(=O)c2cc3ccccc3cc2O)cc(Br)c1OC. The molecule has 1 amide bonds. The topological polar surface area (TPSA) is 80.2 Å². The number of amides is 1. The summed E-state index contributed by atoms with van der Waals surface area (Å²) < 4.78 is 11.6. The summed E-state index contributed by atoms with van der Waals surface area (Å²) in [7, 11) is 1.56. The molecule has 2 N–H and O–H groups in total. The molecule has 3 aromatic rings. The minimum Gasteiger partial charge on any atom is -0.507 e. The first-order chi connectivity index (χ1) is 13.5. The fraction of sp³-hybridized carbons (Fsp3) is 0.143. The number of carbonyl (C=O) groups excluding carboxylic acids is 1. The number of methoxy groups -OCH3 is 1. The van der Waals surface area contributed by atoms with E-state index in [1.807, 2.05) is 31.2 Å². The summed E-state index contributed by atoms with van der Waals surface area (Å²) in [6.45, 7) is 2.37. The highest BCUT2D eigenvalue weighted by molar-refractivity contribution is 9.10. The first-order valence-electron chi connectivity index (χ1n) is 8.59. The molecule has 0 unspecified atom stereocenters. The zero-order chi connectivity index (χ0) is 20.1. The van der Waals surface area contributed by atoms with E-state index < -0.39 is 5.91 Å². The minimum absolute atomic E-state index is 0.0998. The molecule has 0 aliphatic rings. The largest absolute Gasteiger partial charge is 0.507 e. The van der Waals surface area contributed by atoms with Crippen molar-refractivity contribution >= 4 is 38.8 Å². The van der Waals surface area contributed by atoms with Crippen molar-refractivity contribution in [2.45, 2.75) is 6.92 Å². The molecule has 6 nitrogen and oxygen atoms in total. The zero-order valence-corrected chi connectivity index (χ0v) is 17.0. The lowest BCUT2D eigenvalue weighted by atomic mass is 10.1. The monoisotopic (exact) mass is 442 g/mol. The molecule has 0 aliphatic heterocycles. The van der Waals surface area contributed by atoms with E-state index >= 15 is 0 Å². The van der Waals surface area contributed by atoms with Crippen LogP contribution in [0, 0.1) is 0 Å². The Morgan fingerprint density at radius 1 is 1.21 bits per heavy atom. The van der Waals surface area contributed by atoms with Gasteiger partial charge in [-0.3, -0.25) is 4.79 Å². The standard InChI is InChI=1S/C21H19BrN2O4/c1-3-28-19-9-13(8-17(22)20(19)27-2)12-23-24-21(26)16-10-14-6-4-5-7-15(14)11-18(16)25/h4-12,25H,3H2,1-2H3,(H,24,26). The highest BCUT2D eigenvalue weighted by Crippen LogP contribution is 2.36. The summed E-state index contributed by atoms with van der Waals surface area (Å²) >= 11 is 3.43. The van der Waals surface area contributed by atoms with E-state index in [0.717, 1.165) is 10.8 Å². The Balaban J connectivity index is 1.79. The number of hydrogen-bond donors (Lipinski definition) is 2. The van der Waals surface area contributed by atoms with Crippen molar-refractivity contribution in [2.24, 2.45) is 5.10 Å². The van der Waals surface area contributed by atoms with E-state index in [9.17, 15) is 9.90 Å². The number of carbonyl (C=O) groups is 1. The number of fused-ring (bicyclic) bond motifs is 1. The van der Waals surface area contributed by atoms with Gasteiger partial charge in [-0.1, -0.05) is 24.3 Å². The first kappa shape index (κ1) is 19.7. The van der Waals surface area contributed by atoms with Crippen molar-refractivity contribution < 1.29 is 19.4 Å². The molecule has 0 radical (unpaired) electrons. The molecule has 0 aromatic heterocycles. The van der Waals surface area contributed by atoms with Crippen molar-refractivity contribution in [2.75, 3.05) is 13.7 Å². The molecular weight excluding hydrogens is 424 g/mol. The lowest BCUT2D eigenvalue weighted by molar-refractivity contribution is 0.0952. The Morgan fingerprint density at radius 2 is 1.93 bits per heavy atom. The van der Waals surface area contributed by atoms with E-state index in [1.165, 1.54) is 6.21 Å². The quantitative estimate of drug-likeness (QED) is 0.435. The van der Waals surface area contributed by atoms with E-state index in [2.05, 4.69) is 26.5 Å². The molecule has 0 saturated heterocycles. The summed E-state index contributed by atoms with van der Waals surface area (Å²) in [5, 5.41) is 15.8. The number of phenols is 1. The van der Waals surface area contributed by atoms with Crippen LogP contribution in [0.2, 0.25) is 0 Å². The van der Waals surface area contributed by atoms with Gasteiger partial charge in [0.05, 0.1) is 30.0 Å². The number of rotatable bonds is 6. The molecule has 28 heavy (non-hydrogen) atoms. The smallest absolute Gasteiger partial charge is 0.275 e. The molecule has 144 valence electrons. The summed E-state index contributed by atoms with van der Waals surface area (Å²) in [4.78, 5) is 12.4. The maximum atomic E-state index is 12.4. The van der Waals surface area contributed by atoms with Crippen LogP contribution in [0.5, 0.6) is 17.2 Å². The summed E-state index contributed by atoms with van der Waals surface area (Å²) in [6.07, 6.45) is 1.49. The highest BCUT2D eigenvalue weighted by Gasteiger charge is 2.13. The van der Waals surface area contributed by atoms with Gasteiger partial charge in [-0.25, -0.2) is 5.43 Å². The van der Waals surface area contributed by atoms with E-state index in [-0.39, 0.29) is 11.3 Å². The van der Waals surface area contributed by atoms with E-state index in [1.54, 1.807) is 31.4 Å². The molecular formula is C21H19BrN2O4. The molecule has 0 fully saturated rings. The third-order valence-corrected chi connectivity index (χ3v) is 4.61. The van der Waals surface area contributed by atoms with Gasteiger partial charge in [-0.15, -0.1) is 0 Å². The van der Waals surface area contributed by atoms with Crippen LogP contribution in [0.15, 0.2) is 58.1 Å². The minimum atomic E-state index is -0.503. The number of nitrogens with one attached hydrogen (secondary N) is 1. The van der Waals surface area contributed by atoms with Gasteiger partial charge in [0.1, 0.15) is 5.75 Å². The third-order valence-electron chi connectivity index (χ3n) is 4.02. The molecule has 0 aliphatic carbocycles. The van der Waals surface area contributed by atoms with Crippen molar-refractivity contribution in [1.82, 2.24) is 5.43 Å². The number of phenolic OH excluding ortho intramolecular Hbond substituents is 1. The molecule has 3 aromatic carbocycles. The van der Waals surface area contributed by atoms with Gasteiger partial charge in [-0.2, -0.15) is 5.10 Å².